The predicted octanol–water partition coefficient (Wildman–Crippen LogP) is 3.89. The maximum Gasteiger partial charge on any atom is 0.416 e. The fraction of sp³-hybridized carbons (Fsp3) is 0.333. The number of benzene rings is 1. The molecule has 7 heteroatoms. The van der Waals surface area contributed by atoms with Crippen molar-refractivity contribution in [3.63, 3.8) is 0 Å². The Morgan fingerprint density at radius 1 is 1.14 bits per heavy atom. The standard InChI is InChI=1S/C15H15F3N2O2/c1-14(2,3)20-12(21)11-8-22-13(19-11)9-4-6-10(7-5-9)15(16,17)18/h4-8H,1-3H3,(H,20,21). The first kappa shape index (κ1) is 16.1. The van der Waals surface area contributed by atoms with Gasteiger partial charge in [0.1, 0.15) is 6.26 Å². The molecule has 0 aliphatic rings. The number of hydrogen-bond acceptors (Lipinski definition) is 3. The molecule has 22 heavy (non-hydrogen) atoms. The Morgan fingerprint density at radius 2 is 1.73 bits per heavy atom. The monoisotopic (exact) mass is 312 g/mol. The molecule has 0 aliphatic carbocycles. The van der Waals surface area contributed by atoms with Gasteiger partial charge < -0.3 is 9.73 Å². The topological polar surface area (TPSA) is 55.1 Å². The summed E-state index contributed by atoms with van der Waals surface area (Å²) in [5.74, 6) is -0.317. The number of carbonyl (C=O) groups is 1. The van der Waals surface area contributed by atoms with Crippen LogP contribution < -0.4 is 5.32 Å². The van der Waals surface area contributed by atoms with Gasteiger partial charge in [0.25, 0.3) is 5.91 Å². The Morgan fingerprint density at radius 3 is 2.23 bits per heavy atom. The van der Waals surface area contributed by atoms with E-state index in [0.717, 1.165) is 12.1 Å². The molecule has 0 saturated carbocycles. The first-order valence-electron chi connectivity index (χ1n) is 6.52. The van der Waals surface area contributed by atoms with Crippen LogP contribution in [0.15, 0.2) is 34.9 Å². The Labute approximate surface area is 125 Å². The summed E-state index contributed by atoms with van der Waals surface area (Å²) in [6, 6.07) is 4.38. The van der Waals surface area contributed by atoms with E-state index < -0.39 is 23.2 Å². The molecule has 2 aromatic rings. The highest BCUT2D eigenvalue weighted by molar-refractivity contribution is 5.92. The predicted molar refractivity (Wildman–Crippen MR) is 74.2 cm³/mol. The Bertz CT molecular complexity index is 667. The molecular formula is C15H15F3N2O2. The van der Waals surface area contributed by atoms with E-state index in [1.807, 2.05) is 20.8 Å². The van der Waals surface area contributed by atoms with Gasteiger partial charge in [0, 0.05) is 11.1 Å². The van der Waals surface area contributed by atoms with E-state index in [1.54, 1.807) is 0 Å². The summed E-state index contributed by atoms with van der Waals surface area (Å²) in [6.45, 7) is 5.46. The van der Waals surface area contributed by atoms with Crippen LogP contribution in [0.2, 0.25) is 0 Å². The van der Waals surface area contributed by atoms with Crippen LogP contribution in [-0.4, -0.2) is 16.4 Å². The molecule has 0 spiro atoms. The normalized spacial score (nSPS) is 12.3. The molecule has 1 amide bonds. The molecule has 1 N–H and O–H groups in total. The minimum Gasteiger partial charge on any atom is -0.444 e. The van der Waals surface area contributed by atoms with Gasteiger partial charge in [-0.05, 0) is 45.0 Å². The molecule has 2 rings (SSSR count). The maximum absolute atomic E-state index is 12.5. The highest BCUT2D eigenvalue weighted by Gasteiger charge is 2.30. The van der Waals surface area contributed by atoms with Crippen molar-refractivity contribution in [2.75, 3.05) is 0 Å². The average molecular weight is 312 g/mol. The van der Waals surface area contributed by atoms with E-state index in [2.05, 4.69) is 10.3 Å². The quantitative estimate of drug-likeness (QED) is 0.915. The van der Waals surface area contributed by atoms with E-state index in [1.165, 1.54) is 18.4 Å². The summed E-state index contributed by atoms with van der Waals surface area (Å²) in [4.78, 5) is 15.9. The van der Waals surface area contributed by atoms with Crippen LogP contribution in [0.1, 0.15) is 36.8 Å². The van der Waals surface area contributed by atoms with Crippen LogP contribution in [0.3, 0.4) is 0 Å². The highest BCUT2D eigenvalue weighted by atomic mass is 19.4. The number of oxazole rings is 1. The molecule has 1 aromatic heterocycles. The third kappa shape index (κ3) is 3.87. The number of nitrogens with zero attached hydrogens (tertiary/aromatic N) is 1. The van der Waals surface area contributed by atoms with E-state index >= 15 is 0 Å². The zero-order valence-electron chi connectivity index (χ0n) is 12.3. The lowest BCUT2D eigenvalue weighted by Gasteiger charge is -2.19. The summed E-state index contributed by atoms with van der Waals surface area (Å²) in [5, 5.41) is 2.72. The molecule has 118 valence electrons. The zero-order chi connectivity index (χ0) is 16.5. The lowest BCUT2D eigenvalue weighted by Crippen LogP contribution is -2.40. The van der Waals surface area contributed by atoms with Crippen molar-refractivity contribution in [3.8, 4) is 11.5 Å². The first-order valence-corrected chi connectivity index (χ1v) is 6.52. The van der Waals surface area contributed by atoms with Gasteiger partial charge in [0.05, 0.1) is 5.56 Å². The van der Waals surface area contributed by atoms with Crippen molar-refractivity contribution < 1.29 is 22.4 Å². The fourth-order valence-corrected chi connectivity index (χ4v) is 1.72. The molecule has 0 saturated heterocycles. The Balaban J connectivity index is 2.20. The van der Waals surface area contributed by atoms with E-state index in [0.29, 0.717) is 5.56 Å². The number of aromatic nitrogens is 1. The smallest absolute Gasteiger partial charge is 0.416 e. The van der Waals surface area contributed by atoms with Crippen LogP contribution in [0.25, 0.3) is 11.5 Å². The summed E-state index contributed by atoms with van der Waals surface area (Å²) >= 11 is 0. The van der Waals surface area contributed by atoms with Gasteiger partial charge in [0.15, 0.2) is 5.69 Å². The minimum atomic E-state index is -4.40. The number of nitrogens with one attached hydrogen (secondary N) is 1. The molecule has 0 fully saturated rings. The van der Waals surface area contributed by atoms with Gasteiger partial charge in [0.2, 0.25) is 5.89 Å². The number of alkyl halides is 3. The second kappa shape index (κ2) is 5.47. The third-order valence-corrected chi connectivity index (χ3v) is 2.68. The number of amides is 1. The van der Waals surface area contributed by atoms with Gasteiger partial charge in [-0.2, -0.15) is 13.2 Å². The van der Waals surface area contributed by atoms with Gasteiger partial charge in [-0.1, -0.05) is 0 Å². The number of hydrogen-bond donors (Lipinski definition) is 1. The van der Waals surface area contributed by atoms with Crippen LogP contribution >= 0.6 is 0 Å². The van der Waals surface area contributed by atoms with Crippen molar-refractivity contribution >= 4 is 5.91 Å². The highest BCUT2D eigenvalue weighted by Crippen LogP contribution is 2.30. The molecule has 0 atom stereocenters. The molecule has 0 aliphatic heterocycles. The molecule has 0 radical (unpaired) electrons. The van der Waals surface area contributed by atoms with Crippen molar-refractivity contribution in [1.29, 1.82) is 0 Å². The lowest BCUT2D eigenvalue weighted by atomic mass is 10.1. The zero-order valence-corrected chi connectivity index (χ0v) is 12.3. The van der Waals surface area contributed by atoms with Gasteiger partial charge in [-0.15, -0.1) is 0 Å². The van der Waals surface area contributed by atoms with Crippen molar-refractivity contribution in [1.82, 2.24) is 10.3 Å². The Hall–Kier alpha value is -2.31. The molecule has 0 bridgehead atoms. The number of halogens is 3. The van der Waals surface area contributed by atoms with Crippen LogP contribution in [-0.2, 0) is 6.18 Å². The summed E-state index contributed by atoms with van der Waals surface area (Å²) in [7, 11) is 0. The van der Waals surface area contributed by atoms with Crippen LogP contribution in [0, 0.1) is 0 Å². The van der Waals surface area contributed by atoms with E-state index in [9.17, 15) is 18.0 Å². The summed E-state index contributed by atoms with van der Waals surface area (Å²) < 4.78 is 42.7. The molecule has 4 nitrogen and oxygen atoms in total. The van der Waals surface area contributed by atoms with Gasteiger partial charge in [-0.3, -0.25) is 4.79 Å². The van der Waals surface area contributed by atoms with Gasteiger partial charge in [-0.25, -0.2) is 4.98 Å². The Kier molecular flexibility index (Phi) is 4.00. The SMILES string of the molecule is CC(C)(C)NC(=O)c1coc(-c2ccc(C(F)(F)F)cc2)n1. The second-order valence-corrected chi connectivity index (χ2v) is 5.82. The summed E-state index contributed by atoms with van der Waals surface area (Å²) in [5.41, 5.74) is -0.744. The first-order chi connectivity index (χ1) is 10.1. The fourth-order valence-electron chi connectivity index (χ4n) is 1.72. The van der Waals surface area contributed by atoms with Gasteiger partial charge >= 0.3 is 6.18 Å². The molecule has 1 heterocycles. The second-order valence-electron chi connectivity index (χ2n) is 5.82. The number of rotatable bonds is 2. The van der Waals surface area contributed by atoms with E-state index in [-0.39, 0.29) is 11.6 Å². The van der Waals surface area contributed by atoms with Crippen LogP contribution in [0.4, 0.5) is 13.2 Å². The maximum atomic E-state index is 12.5. The lowest BCUT2D eigenvalue weighted by molar-refractivity contribution is -0.137. The summed E-state index contributed by atoms with van der Waals surface area (Å²) in [6.07, 6.45) is -3.22. The minimum absolute atomic E-state index is 0.0739. The molecule has 0 unspecified atom stereocenters. The molecule has 1 aromatic carbocycles. The number of carbonyl (C=O) groups excluding carboxylic acids is 1. The van der Waals surface area contributed by atoms with Crippen molar-refractivity contribution in [2.45, 2.75) is 32.5 Å². The van der Waals surface area contributed by atoms with E-state index in [4.69, 9.17) is 4.42 Å². The molecular weight excluding hydrogens is 297 g/mol. The largest absolute Gasteiger partial charge is 0.444 e. The third-order valence-electron chi connectivity index (χ3n) is 2.68. The average Bonchev–Trinajstić information content (AvgIpc) is 2.85. The van der Waals surface area contributed by atoms with Crippen LogP contribution in [0.5, 0.6) is 0 Å². The van der Waals surface area contributed by atoms with Crippen molar-refractivity contribution in [3.05, 3.63) is 41.8 Å². The van der Waals surface area contributed by atoms with Crippen molar-refractivity contribution in [2.24, 2.45) is 0 Å².